The quantitative estimate of drug-likeness (QED) is 0.504. The molecule has 0 fully saturated rings. The summed E-state index contributed by atoms with van der Waals surface area (Å²) in [6, 6.07) is -0.828. The van der Waals surface area contributed by atoms with Gasteiger partial charge in [-0.2, -0.15) is 0 Å². The van der Waals surface area contributed by atoms with E-state index >= 15 is 0 Å². The van der Waals surface area contributed by atoms with Crippen molar-refractivity contribution in [2.24, 2.45) is 5.73 Å². The normalized spacial score (nSPS) is 14.3. The molecule has 0 amide bonds. The Balaban J connectivity index is 4.02. The lowest BCUT2D eigenvalue weighted by atomic mass is 10.2. The minimum atomic E-state index is -1.64. The third kappa shape index (κ3) is 2.64. The van der Waals surface area contributed by atoms with E-state index in [2.05, 4.69) is 0 Å². The van der Waals surface area contributed by atoms with Gasteiger partial charge in [0.15, 0.2) is 10.6 Å². The zero-order valence-corrected chi connectivity index (χ0v) is 6.60. The Bertz CT molecular complexity index is 138. The highest BCUT2D eigenvalue weighted by molar-refractivity contribution is 6.56. The van der Waals surface area contributed by atoms with E-state index in [1.165, 1.54) is 0 Å². The van der Waals surface area contributed by atoms with Crippen molar-refractivity contribution in [3.05, 3.63) is 0 Å². The van der Waals surface area contributed by atoms with Crippen molar-refractivity contribution in [2.45, 2.75) is 16.8 Å². The van der Waals surface area contributed by atoms with Crippen LogP contribution in [0.3, 0.4) is 0 Å². The average molecular weight is 184 g/mol. The Labute approximate surface area is 68.5 Å². The van der Waals surface area contributed by atoms with E-state index in [0.29, 0.717) is 12.6 Å². The topological polar surface area (TPSA) is 60.2 Å². The lowest BCUT2D eigenvalue weighted by molar-refractivity contribution is -0.109. The Hall–Kier alpha value is -0.120. The first-order valence-corrected chi connectivity index (χ1v) is 3.33. The number of hydrogen-bond donors (Lipinski definition) is 1. The van der Waals surface area contributed by atoms with Crippen LogP contribution in [0, 0.1) is 0 Å². The van der Waals surface area contributed by atoms with Crippen LogP contribution in [0.25, 0.3) is 0 Å². The summed E-state index contributed by atoms with van der Waals surface area (Å²) in [6.45, 7) is 0. The molecule has 58 valence electrons. The van der Waals surface area contributed by atoms with Crippen molar-refractivity contribution in [1.82, 2.24) is 0 Å². The zero-order valence-electron chi connectivity index (χ0n) is 5.09. The fourth-order valence-electron chi connectivity index (χ4n) is 0.348. The van der Waals surface area contributed by atoms with Crippen molar-refractivity contribution in [3.63, 3.8) is 0 Å². The second-order valence-electron chi connectivity index (χ2n) is 1.80. The molecule has 0 aliphatic rings. The standard InChI is InChI=1S/C5H7Cl2NO2/c6-5(7,3-10)4(8)1-2-9/h2-4H,1,8H2. The molecule has 0 aliphatic carbocycles. The lowest BCUT2D eigenvalue weighted by Gasteiger charge is -2.17. The van der Waals surface area contributed by atoms with Crippen LogP contribution in [0.2, 0.25) is 0 Å². The van der Waals surface area contributed by atoms with Crippen LogP contribution < -0.4 is 5.73 Å². The number of halogens is 2. The van der Waals surface area contributed by atoms with Gasteiger partial charge in [0.25, 0.3) is 0 Å². The van der Waals surface area contributed by atoms with Crippen molar-refractivity contribution >= 4 is 35.8 Å². The van der Waals surface area contributed by atoms with Crippen molar-refractivity contribution in [2.75, 3.05) is 0 Å². The van der Waals surface area contributed by atoms with Gasteiger partial charge in [0, 0.05) is 6.42 Å². The molecular formula is C5H7Cl2NO2. The summed E-state index contributed by atoms with van der Waals surface area (Å²) in [5.41, 5.74) is 5.25. The number of carbonyl (C=O) groups excluding carboxylic acids is 2. The van der Waals surface area contributed by atoms with Crippen LogP contribution >= 0.6 is 23.2 Å². The first-order valence-electron chi connectivity index (χ1n) is 2.58. The minimum Gasteiger partial charge on any atom is -0.324 e. The highest BCUT2D eigenvalue weighted by atomic mass is 35.5. The van der Waals surface area contributed by atoms with Gasteiger partial charge in [0.05, 0.1) is 6.04 Å². The second-order valence-corrected chi connectivity index (χ2v) is 3.25. The van der Waals surface area contributed by atoms with E-state index in [0.717, 1.165) is 0 Å². The first-order chi connectivity index (χ1) is 4.54. The Morgan fingerprint density at radius 1 is 1.50 bits per heavy atom. The molecule has 5 heteroatoms. The molecular weight excluding hydrogens is 177 g/mol. The summed E-state index contributed by atoms with van der Waals surface area (Å²) in [5.74, 6) is 0. The summed E-state index contributed by atoms with van der Waals surface area (Å²) in [6.07, 6.45) is 0.851. The van der Waals surface area contributed by atoms with Gasteiger partial charge in [-0.15, -0.1) is 0 Å². The van der Waals surface area contributed by atoms with Gasteiger partial charge < -0.3 is 10.5 Å². The molecule has 0 aromatic heterocycles. The summed E-state index contributed by atoms with van der Waals surface area (Å²) in [4.78, 5) is 19.9. The molecule has 0 aromatic rings. The molecule has 0 saturated carbocycles. The van der Waals surface area contributed by atoms with Crippen LogP contribution in [0.5, 0.6) is 0 Å². The average Bonchev–Trinajstić information content (AvgIpc) is 1.89. The molecule has 0 spiro atoms. The molecule has 0 heterocycles. The van der Waals surface area contributed by atoms with E-state index in [9.17, 15) is 9.59 Å². The molecule has 3 nitrogen and oxygen atoms in total. The van der Waals surface area contributed by atoms with Gasteiger partial charge in [-0.05, 0) is 0 Å². The van der Waals surface area contributed by atoms with Crippen LogP contribution in [0.15, 0.2) is 0 Å². The number of aldehydes is 2. The van der Waals surface area contributed by atoms with Gasteiger partial charge in [-0.1, -0.05) is 23.2 Å². The van der Waals surface area contributed by atoms with E-state index in [-0.39, 0.29) is 6.42 Å². The molecule has 1 atom stereocenters. The number of hydrogen-bond acceptors (Lipinski definition) is 3. The summed E-state index contributed by atoms with van der Waals surface area (Å²) in [5, 5.41) is 0. The Kier molecular flexibility index (Phi) is 3.86. The third-order valence-corrected chi connectivity index (χ3v) is 1.74. The van der Waals surface area contributed by atoms with Gasteiger partial charge >= 0.3 is 0 Å². The Morgan fingerprint density at radius 2 is 2.00 bits per heavy atom. The first kappa shape index (κ1) is 9.88. The van der Waals surface area contributed by atoms with Crippen LogP contribution in [-0.2, 0) is 9.59 Å². The molecule has 0 bridgehead atoms. The molecule has 0 radical (unpaired) electrons. The summed E-state index contributed by atoms with van der Waals surface area (Å²) >= 11 is 10.7. The smallest absolute Gasteiger partial charge is 0.188 e. The fourth-order valence-corrected chi connectivity index (χ4v) is 0.526. The number of alkyl halides is 2. The van der Waals surface area contributed by atoms with Gasteiger partial charge in [-0.25, -0.2) is 0 Å². The maximum atomic E-state index is 10.1. The highest BCUT2D eigenvalue weighted by Gasteiger charge is 2.31. The van der Waals surface area contributed by atoms with Gasteiger partial charge in [-0.3, -0.25) is 4.79 Å². The molecule has 10 heavy (non-hydrogen) atoms. The van der Waals surface area contributed by atoms with E-state index in [1.807, 2.05) is 0 Å². The lowest BCUT2D eigenvalue weighted by Crippen LogP contribution is -2.40. The molecule has 0 saturated heterocycles. The monoisotopic (exact) mass is 183 g/mol. The summed E-state index contributed by atoms with van der Waals surface area (Å²) in [7, 11) is 0. The maximum Gasteiger partial charge on any atom is 0.188 e. The maximum absolute atomic E-state index is 10.1. The number of rotatable bonds is 4. The van der Waals surface area contributed by atoms with E-state index in [1.54, 1.807) is 0 Å². The second kappa shape index (κ2) is 3.91. The minimum absolute atomic E-state index is 0.0221. The SMILES string of the molecule is NC(CC=O)C(Cl)(Cl)C=O. The third-order valence-electron chi connectivity index (χ3n) is 1.00. The predicted octanol–water partition coefficient (Wildman–Crippen LogP) is 0.275. The zero-order chi connectivity index (χ0) is 8.20. The van der Waals surface area contributed by atoms with E-state index in [4.69, 9.17) is 28.9 Å². The number of nitrogens with two attached hydrogens (primary N) is 1. The molecule has 2 N–H and O–H groups in total. The summed E-state index contributed by atoms with van der Waals surface area (Å²) < 4.78 is -1.64. The largest absolute Gasteiger partial charge is 0.324 e. The van der Waals surface area contributed by atoms with Crippen LogP contribution in [0.4, 0.5) is 0 Å². The van der Waals surface area contributed by atoms with Crippen molar-refractivity contribution < 1.29 is 9.59 Å². The molecule has 0 rings (SSSR count). The van der Waals surface area contributed by atoms with Crippen molar-refractivity contribution in [3.8, 4) is 0 Å². The van der Waals surface area contributed by atoms with Crippen LogP contribution in [-0.4, -0.2) is 22.9 Å². The van der Waals surface area contributed by atoms with Gasteiger partial charge in [0.2, 0.25) is 0 Å². The predicted molar refractivity (Wildman–Crippen MR) is 39.2 cm³/mol. The molecule has 0 aromatic carbocycles. The van der Waals surface area contributed by atoms with Crippen molar-refractivity contribution in [1.29, 1.82) is 0 Å². The molecule has 0 aliphatic heterocycles. The van der Waals surface area contributed by atoms with E-state index < -0.39 is 10.4 Å². The number of carbonyl (C=O) groups is 2. The fraction of sp³-hybridized carbons (Fsp3) is 0.600. The van der Waals surface area contributed by atoms with Gasteiger partial charge in [0.1, 0.15) is 6.29 Å². The highest BCUT2D eigenvalue weighted by Crippen LogP contribution is 2.22. The van der Waals surface area contributed by atoms with Crippen LogP contribution in [0.1, 0.15) is 6.42 Å². The molecule has 1 unspecified atom stereocenters. The Morgan fingerprint density at radius 3 is 2.30 bits per heavy atom.